The van der Waals surface area contributed by atoms with Crippen LogP contribution in [-0.2, 0) is 0 Å². The number of nitrogens with two attached hydrogens (primary N) is 1. The van der Waals surface area contributed by atoms with Gasteiger partial charge in [-0.3, -0.25) is 0 Å². The van der Waals surface area contributed by atoms with E-state index in [4.69, 9.17) is 5.73 Å². The number of halogens is 2. The highest BCUT2D eigenvalue weighted by Gasteiger charge is 2.12. The first-order valence-corrected chi connectivity index (χ1v) is 5.14. The smallest absolute Gasteiger partial charge is 0.280 e. The minimum Gasteiger partial charge on any atom is -0.398 e. The third kappa shape index (κ3) is 2.13. The Morgan fingerprint density at radius 3 is 2.53 bits per heavy atom. The van der Waals surface area contributed by atoms with E-state index in [2.05, 4.69) is 4.98 Å². The molecule has 90 valence electrons. The summed E-state index contributed by atoms with van der Waals surface area (Å²) in [5.74, 6) is 0. The summed E-state index contributed by atoms with van der Waals surface area (Å²) in [5, 5.41) is 0.695. The van der Waals surface area contributed by atoms with E-state index in [1.54, 1.807) is 6.07 Å². The molecule has 5 heteroatoms. The van der Waals surface area contributed by atoms with E-state index in [9.17, 15) is 8.78 Å². The van der Waals surface area contributed by atoms with Gasteiger partial charge in [0.15, 0.2) is 0 Å². The van der Waals surface area contributed by atoms with Crippen molar-refractivity contribution in [3.63, 3.8) is 0 Å². The number of nitrogens with zero attached hydrogens (tertiary/aromatic N) is 2. The predicted octanol–water partition coefficient (Wildman–Crippen LogP) is 2.82. The molecule has 2 N–H and O–H groups in total. The fourth-order valence-electron chi connectivity index (χ4n) is 1.65. The van der Waals surface area contributed by atoms with Gasteiger partial charge < -0.3 is 10.6 Å². The van der Waals surface area contributed by atoms with Crippen molar-refractivity contribution in [2.45, 2.75) is 6.43 Å². The zero-order valence-corrected chi connectivity index (χ0v) is 9.61. The molecule has 0 unspecified atom stereocenters. The highest BCUT2D eigenvalue weighted by atomic mass is 19.3. The molecular formula is C12H13F2N3. The summed E-state index contributed by atoms with van der Waals surface area (Å²) in [5.41, 5.74) is 7.26. The predicted molar refractivity (Wildman–Crippen MR) is 65.4 cm³/mol. The zero-order valence-electron chi connectivity index (χ0n) is 9.61. The number of anilines is 2. The molecule has 1 aromatic heterocycles. The number of alkyl halides is 2. The van der Waals surface area contributed by atoms with Gasteiger partial charge in [0, 0.05) is 30.9 Å². The van der Waals surface area contributed by atoms with E-state index in [0.29, 0.717) is 16.6 Å². The molecule has 0 amide bonds. The fourth-order valence-corrected chi connectivity index (χ4v) is 1.65. The van der Waals surface area contributed by atoms with Gasteiger partial charge in [0.25, 0.3) is 6.43 Å². The van der Waals surface area contributed by atoms with E-state index in [-0.39, 0.29) is 5.69 Å². The Morgan fingerprint density at radius 2 is 1.94 bits per heavy atom. The standard InChI is InChI=1S/C12H13F2N3/c1-17(2)7-3-4-10-8(5-7)9(15)6-11(16-10)12(13)14/h3-6,12H,1-2H3,(H2,15,16). The third-order valence-corrected chi connectivity index (χ3v) is 2.58. The molecule has 0 spiro atoms. The summed E-state index contributed by atoms with van der Waals surface area (Å²) in [6.45, 7) is 0. The average molecular weight is 237 g/mol. The van der Waals surface area contributed by atoms with Gasteiger partial charge in [-0.1, -0.05) is 0 Å². The number of benzene rings is 1. The molecule has 0 radical (unpaired) electrons. The second-order valence-electron chi connectivity index (χ2n) is 4.03. The molecule has 17 heavy (non-hydrogen) atoms. The lowest BCUT2D eigenvalue weighted by Gasteiger charge is -2.14. The number of pyridine rings is 1. The number of nitrogen functional groups attached to an aromatic ring is 1. The van der Waals surface area contributed by atoms with Gasteiger partial charge in [-0.25, -0.2) is 13.8 Å². The van der Waals surface area contributed by atoms with Crippen LogP contribution in [0.5, 0.6) is 0 Å². The Bertz CT molecular complexity index is 553. The summed E-state index contributed by atoms with van der Waals surface area (Å²) in [6.07, 6.45) is -2.60. The van der Waals surface area contributed by atoms with E-state index in [1.807, 2.05) is 31.1 Å². The monoisotopic (exact) mass is 237 g/mol. The average Bonchev–Trinajstić information content (AvgIpc) is 2.28. The van der Waals surface area contributed by atoms with E-state index < -0.39 is 6.43 Å². The van der Waals surface area contributed by atoms with Crippen molar-refractivity contribution in [3.05, 3.63) is 30.0 Å². The normalized spacial score (nSPS) is 11.1. The summed E-state index contributed by atoms with van der Waals surface area (Å²) in [4.78, 5) is 5.80. The van der Waals surface area contributed by atoms with Crippen molar-refractivity contribution < 1.29 is 8.78 Å². The van der Waals surface area contributed by atoms with Crippen LogP contribution in [0.15, 0.2) is 24.3 Å². The van der Waals surface area contributed by atoms with Crippen molar-refractivity contribution >= 4 is 22.3 Å². The van der Waals surface area contributed by atoms with E-state index in [1.165, 1.54) is 6.07 Å². The van der Waals surface area contributed by atoms with Gasteiger partial charge in [0.05, 0.1) is 5.52 Å². The summed E-state index contributed by atoms with van der Waals surface area (Å²) < 4.78 is 25.1. The van der Waals surface area contributed by atoms with Crippen LogP contribution in [0.4, 0.5) is 20.2 Å². The summed E-state index contributed by atoms with van der Waals surface area (Å²) in [7, 11) is 3.80. The Morgan fingerprint density at radius 1 is 1.24 bits per heavy atom. The number of hydrogen-bond acceptors (Lipinski definition) is 3. The molecule has 0 saturated carbocycles. The van der Waals surface area contributed by atoms with Crippen LogP contribution in [0.25, 0.3) is 10.9 Å². The molecule has 0 aliphatic rings. The second kappa shape index (κ2) is 4.16. The first-order valence-electron chi connectivity index (χ1n) is 5.14. The zero-order chi connectivity index (χ0) is 12.6. The van der Waals surface area contributed by atoms with Crippen LogP contribution < -0.4 is 10.6 Å². The van der Waals surface area contributed by atoms with Crippen LogP contribution >= 0.6 is 0 Å². The second-order valence-corrected chi connectivity index (χ2v) is 4.03. The highest BCUT2D eigenvalue weighted by molar-refractivity contribution is 5.92. The van der Waals surface area contributed by atoms with Gasteiger partial charge in [0.1, 0.15) is 5.69 Å². The molecule has 0 bridgehead atoms. The maximum absolute atomic E-state index is 12.6. The molecule has 1 heterocycles. The first kappa shape index (κ1) is 11.6. The molecule has 0 fully saturated rings. The van der Waals surface area contributed by atoms with Crippen molar-refractivity contribution in [3.8, 4) is 0 Å². The van der Waals surface area contributed by atoms with Crippen LogP contribution in [0.3, 0.4) is 0 Å². The Hall–Kier alpha value is -1.91. The SMILES string of the molecule is CN(C)c1ccc2nc(C(F)F)cc(N)c2c1. The van der Waals surface area contributed by atoms with Crippen molar-refractivity contribution in [2.75, 3.05) is 24.7 Å². The number of aromatic nitrogens is 1. The van der Waals surface area contributed by atoms with Crippen LogP contribution in [-0.4, -0.2) is 19.1 Å². The highest BCUT2D eigenvalue weighted by Crippen LogP contribution is 2.28. The maximum atomic E-state index is 12.6. The lowest BCUT2D eigenvalue weighted by atomic mass is 10.1. The molecular weight excluding hydrogens is 224 g/mol. The topological polar surface area (TPSA) is 42.2 Å². The molecule has 2 aromatic rings. The van der Waals surface area contributed by atoms with Crippen molar-refractivity contribution in [2.24, 2.45) is 0 Å². The van der Waals surface area contributed by atoms with Gasteiger partial charge >= 0.3 is 0 Å². The minimum absolute atomic E-state index is 0.285. The molecule has 0 saturated heterocycles. The van der Waals surface area contributed by atoms with Crippen molar-refractivity contribution in [1.82, 2.24) is 4.98 Å². The van der Waals surface area contributed by atoms with E-state index >= 15 is 0 Å². The Balaban J connectivity index is 2.64. The molecule has 0 atom stereocenters. The number of rotatable bonds is 2. The molecule has 3 nitrogen and oxygen atoms in total. The summed E-state index contributed by atoms with van der Waals surface area (Å²) in [6, 6.07) is 6.59. The third-order valence-electron chi connectivity index (χ3n) is 2.58. The first-order chi connectivity index (χ1) is 7.99. The Labute approximate surface area is 97.9 Å². The number of fused-ring (bicyclic) bond motifs is 1. The minimum atomic E-state index is -2.60. The maximum Gasteiger partial charge on any atom is 0.280 e. The molecule has 2 rings (SSSR count). The molecule has 0 aliphatic carbocycles. The summed E-state index contributed by atoms with van der Waals surface area (Å²) >= 11 is 0. The van der Waals surface area contributed by atoms with Crippen LogP contribution in [0.1, 0.15) is 12.1 Å². The number of hydrogen-bond donors (Lipinski definition) is 1. The van der Waals surface area contributed by atoms with E-state index in [0.717, 1.165) is 5.69 Å². The lowest BCUT2D eigenvalue weighted by molar-refractivity contribution is 0.146. The van der Waals surface area contributed by atoms with Gasteiger partial charge in [-0.15, -0.1) is 0 Å². The van der Waals surface area contributed by atoms with Crippen LogP contribution in [0.2, 0.25) is 0 Å². The molecule has 0 aliphatic heterocycles. The quantitative estimate of drug-likeness (QED) is 0.873. The van der Waals surface area contributed by atoms with Crippen molar-refractivity contribution in [1.29, 1.82) is 0 Å². The van der Waals surface area contributed by atoms with Gasteiger partial charge in [-0.05, 0) is 24.3 Å². The fraction of sp³-hybridized carbons (Fsp3) is 0.250. The largest absolute Gasteiger partial charge is 0.398 e. The van der Waals surface area contributed by atoms with Crippen LogP contribution in [0, 0.1) is 0 Å². The lowest BCUT2D eigenvalue weighted by Crippen LogP contribution is -2.08. The Kier molecular flexibility index (Phi) is 2.83. The van der Waals surface area contributed by atoms with Gasteiger partial charge in [-0.2, -0.15) is 0 Å². The molecule has 1 aromatic carbocycles. The van der Waals surface area contributed by atoms with Gasteiger partial charge in [0.2, 0.25) is 0 Å².